The van der Waals surface area contributed by atoms with Gasteiger partial charge in [-0.3, -0.25) is 4.99 Å². The van der Waals surface area contributed by atoms with E-state index in [2.05, 4.69) is 10.3 Å². The SMILES string of the molecule is CCNC(=NCCS(N)(=O)=O)N(C)Cc1ccc(Cl)cc1. The first-order valence-corrected chi connectivity index (χ1v) is 8.65. The van der Waals surface area contributed by atoms with Crippen LogP contribution in [0.25, 0.3) is 0 Å². The second-order valence-electron chi connectivity index (χ2n) is 4.59. The van der Waals surface area contributed by atoms with E-state index in [0.717, 1.165) is 5.56 Å². The van der Waals surface area contributed by atoms with Crippen molar-refractivity contribution in [3.8, 4) is 0 Å². The number of hydrogen-bond acceptors (Lipinski definition) is 3. The maximum Gasteiger partial charge on any atom is 0.210 e. The van der Waals surface area contributed by atoms with Crippen molar-refractivity contribution in [2.24, 2.45) is 10.1 Å². The number of benzene rings is 1. The molecule has 0 saturated heterocycles. The van der Waals surface area contributed by atoms with Crippen LogP contribution in [0.2, 0.25) is 5.02 Å². The molecule has 0 fully saturated rings. The Kier molecular flexibility index (Phi) is 6.94. The lowest BCUT2D eigenvalue weighted by Gasteiger charge is -2.22. The monoisotopic (exact) mass is 332 g/mol. The van der Waals surface area contributed by atoms with Crippen molar-refractivity contribution in [3.63, 3.8) is 0 Å². The highest BCUT2D eigenvalue weighted by molar-refractivity contribution is 7.89. The average Bonchev–Trinajstić information content (AvgIpc) is 2.39. The Bertz CT molecular complexity index is 572. The topological polar surface area (TPSA) is 87.8 Å². The zero-order valence-corrected chi connectivity index (χ0v) is 13.8. The summed E-state index contributed by atoms with van der Waals surface area (Å²) in [6, 6.07) is 7.53. The van der Waals surface area contributed by atoms with Gasteiger partial charge >= 0.3 is 0 Å². The molecule has 0 heterocycles. The number of guanidine groups is 1. The standard InChI is InChI=1S/C13H21ClN4O2S/c1-3-16-13(17-8-9-21(15,19)20)18(2)10-11-4-6-12(14)7-5-11/h4-7H,3,8-10H2,1-2H3,(H,16,17)(H2,15,19,20). The van der Waals surface area contributed by atoms with Gasteiger partial charge in [-0.2, -0.15) is 0 Å². The van der Waals surface area contributed by atoms with Gasteiger partial charge in [-0.15, -0.1) is 0 Å². The third kappa shape index (κ3) is 7.31. The van der Waals surface area contributed by atoms with Gasteiger partial charge in [0.25, 0.3) is 0 Å². The molecule has 0 atom stereocenters. The van der Waals surface area contributed by atoms with Gasteiger partial charge in [-0.1, -0.05) is 23.7 Å². The molecule has 0 spiro atoms. The van der Waals surface area contributed by atoms with Gasteiger partial charge < -0.3 is 10.2 Å². The Morgan fingerprint density at radius 1 is 1.38 bits per heavy atom. The van der Waals surface area contributed by atoms with Gasteiger partial charge in [0.15, 0.2) is 5.96 Å². The lowest BCUT2D eigenvalue weighted by Crippen LogP contribution is -2.39. The van der Waals surface area contributed by atoms with Crippen molar-refractivity contribution < 1.29 is 8.42 Å². The lowest BCUT2D eigenvalue weighted by atomic mass is 10.2. The minimum Gasteiger partial charge on any atom is -0.357 e. The largest absolute Gasteiger partial charge is 0.357 e. The quantitative estimate of drug-likeness (QED) is 0.601. The van der Waals surface area contributed by atoms with Crippen LogP contribution >= 0.6 is 11.6 Å². The summed E-state index contributed by atoms with van der Waals surface area (Å²) < 4.78 is 21.9. The Labute approximate surface area is 131 Å². The molecule has 8 heteroatoms. The van der Waals surface area contributed by atoms with Gasteiger partial charge in [0.2, 0.25) is 10.0 Å². The number of aliphatic imine (C=N–C) groups is 1. The predicted octanol–water partition coefficient (Wildman–Crippen LogP) is 1.03. The molecule has 0 aliphatic carbocycles. The fraction of sp³-hybridized carbons (Fsp3) is 0.462. The Hall–Kier alpha value is -1.31. The van der Waals surface area contributed by atoms with Gasteiger partial charge in [0.1, 0.15) is 0 Å². The van der Waals surface area contributed by atoms with E-state index in [1.807, 2.05) is 43.1 Å². The van der Waals surface area contributed by atoms with Crippen molar-refractivity contribution in [1.82, 2.24) is 10.2 Å². The maximum absolute atomic E-state index is 10.9. The molecule has 6 nitrogen and oxygen atoms in total. The van der Waals surface area contributed by atoms with Crippen LogP contribution < -0.4 is 10.5 Å². The minimum absolute atomic E-state index is 0.131. The van der Waals surface area contributed by atoms with Gasteiger partial charge in [-0.05, 0) is 24.6 Å². The molecule has 118 valence electrons. The van der Waals surface area contributed by atoms with Gasteiger partial charge in [0, 0.05) is 25.2 Å². The summed E-state index contributed by atoms with van der Waals surface area (Å²) in [6.07, 6.45) is 0. The summed E-state index contributed by atoms with van der Waals surface area (Å²) in [7, 11) is -1.61. The number of hydrogen-bond donors (Lipinski definition) is 2. The smallest absolute Gasteiger partial charge is 0.210 e. The molecule has 0 aliphatic rings. The molecule has 0 saturated carbocycles. The molecule has 0 aliphatic heterocycles. The van der Waals surface area contributed by atoms with Crippen LogP contribution in [0.15, 0.2) is 29.3 Å². The number of nitrogens with two attached hydrogens (primary N) is 1. The van der Waals surface area contributed by atoms with Crippen LogP contribution in [0.5, 0.6) is 0 Å². The molecule has 0 radical (unpaired) electrons. The number of nitrogens with one attached hydrogen (secondary N) is 1. The van der Waals surface area contributed by atoms with Crippen LogP contribution in [-0.4, -0.2) is 45.2 Å². The van der Waals surface area contributed by atoms with Crippen molar-refractivity contribution >= 4 is 27.6 Å². The predicted molar refractivity (Wildman–Crippen MR) is 86.9 cm³/mol. The summed E-state index contributed by atoms with van der Waals surface area (Å²) in [5.74, 6) is 0.465. The third-order valence-electron chi connectivity index (χ3n) is 2.67. The van der Waals surface area contributed by atoms with Crippen LogP contribution in [0.1, 0.15) is 12.5 Å². The van der Waals surface area contributed by atoms with Crippen LogP contribution in [0, 0.1) is 0 Å². The molecule has 1 aromatic rings. The van der Waals surface area contributed by atoms with E-state index in [-0.39, 0.29) is 12.3 Å². The van der Waals surface area contributed by atoms with E-state index in [0.29, 0.717) is 24.1 Å². The fourth-order valence-electron chi connectivity index (χ4n) is 1.69. The van der Waals surface area contributed by atoms with Crippen LogP contribution in [0.4, 0.5) is 0 Å². The van der Waals surface area contributed by atoms with Crippen molar-refractivity contribution in [1.29, 1.82) is 0 Å². The van der Waals surface area contributed by atoms with E-state index >= 15 is 0 Å². The highest BCUT2D eigenvalue weighted by atomic mass is 35.5. The molecular formula is C13H21ClN4O2S. The molecule has 0 aromatic heterocycles. The van der Waals surface area contributed by atoms with Crippen molar-refractivity contribution in [3.05, 3.63) is 34.9 Å². The van der Waals surface area contributed by atoms with E-state index < -0.39 is 10.0 Å². The molecule has 1 aromatic carbocycles. The first kappa shape index (κ1) is 17.7. The summed E-state index contributed by atoms with van der Waals surface area (Å²) in [5, 5.41) is 8.77. The molecule has 3 N–H and O–H groups in total. The maximum atomic E-state index is 10.9. The highest BCUT2D eigenvalue weighted by Crippen LogP contribution is 2.10. The molecular weight excluding hydrogens is 312 g/mol. The summed E-state index contributed by atoms with van der Waals surface area (Å²) >= 11 is 5.85. The number of sulfonamides is 1. The summed E-state index contributed by atoms with van der Waals surface area (Å²) in [4.78, 5) is 6.17. The van der Waals surface area contributed by atoms with E-state index in [9.17, 15) is 8.42 Å². The van der Waals surface area contributed by atoms with Gasteiger partial charge in [0.05, 0.1) is 12.3 Å². The van der Waals surface area contributed by atoms with E-state index in [1.165, 1.54) is 0 Å². The zero-order chi connectivity index (χ0) is 15.9. The number of nitrogens with zero attached hydrogens (tertiary/aromatic N) is 2. The molecule has 0 bridgehead atoms. The fourth-order valence-corrected chi connectivity index (χ4v) is 2.16. The minimum atomic E-state index is -3.49. The van der Waals surface area contributed by atoms with Crippen LogP contribution in [0.3, 0.4) is 0 Å². The first-order chi connectivity index (χ1) is 9.81. The third-order valence-corrected chi connectivity index (χ3v) is 3.67. The Morgan fingerprint density at radius 3 is 2.52 bits per heavy atom. The molecule has 21 heavy (non-hydrogen) atoms. The van der Waals surface area contributed by atoms with E-state index in [1.54, 1.807) is 0 Å². The molecule has 1 rings (SSSR count). The Balaban J connectivity index is 2.69. The first-order valence-electron chi connectivity index (χ1n) is 6.56. The zero-order valence-electron chi connectivity index (χ0n) is 12.2. The highest BCUT2D eigenvalue weighted by Gasteiger charge is 2.07. The summed E-state index contributed by atoms with van der Waals surface area (Å²) in [5.41, 5.74) is 1.08. The Morgan fingerprint density at radius 2 is 2.00 bits per heavy atom. The normalized spacial score (nSPS) is 12.3. The summed E-state index contributed by atoms with van der Waals surface area (Å²) in [6.45, 7) is 3.41. The van der Waals surface area contributed by atoms with Crippen LogP contribution in [-0.2, 0) is 16.6 Å². The lowest BCUT2D eigenvalue weighted by molar-refractivity contribution is 0.477. The molecule has 0 unspecified atom stereocenters. The number of halogens is 1. The number of rotatable bonds is 6. The molecule has 0 amide bonds. The second-order valence-corrected chi connectivity index (χ2v) is 6.76. The van der Waals surface area contributed by atoms with Crippen molar-refractivity contribution in [2.75, 3.05) is 25.9 Å². The number of primary sulfonamides is 1. The van der Waals surface area contributed by atoms with Gasteiger partial charge in [-0.25, -0.2) is 13.6 Å². The average molecular weight is 333 g/mol. The second kappa shape index (κ2) is 8.21. The van der Waals surface area contributed by atoms with Crippen molar-refractivity contribution in [2.45, 2.75) is 13.5 Å². The van der Waals surface area contributed by atoms with E-state index in [4.69, 9.17) is 16.7 Å².